The van der Waals surface area contributed by atoms with Gasteiger partial charge in [-0.2, -0.15) is 0 Å². The summed E-state index contributed by atoms with van der Waals surface area (Å²) in [7, 11) is 0. The van der Waals surface area contributed by atoms with Gasteiger partial charge in [-0.1, -0.05) is 17.9 Å². The van der Waals surface area contributed by atoms with Crippen LogP contribution in [0.2, 0.25) is 0 Å². The molecular formula is C7H10NPS. The monoisotopic (exact) mass is 171 g/mol. The number of hydrogen-bond donors (Lipinski definition) is 0. The summed E-state index contributed by atoms with van der Waals surface area (Å²) in [6, 6.07) is 2.74. The molecule has 0 radical (unpaired) electrons. The van der Waals surface area contributed by atoms with Crippen molar-refractivity contribution >= 4 is 23.1 Å². The van der Waals surface area contributed by atoms with Crippen LogP contribution < -0.4 is 5.30 Å². The van der Waals surface area contributed by atoms with Gasteiger partial charge in [0.15, 0.2) is 0 Å². The van der Waals surface area contributed by atoms with Crippen molar-refractivity contribution in [3.8, 4) is 0 Å². The molecule has 1 nitrogen and oxygen atoms in total. The van der Waals surface area contributed by atoms with Crippen molar-refractivity contribution in [2.75, 3.05) is 13.3 Å². The van der Waals surface area contributed by atoms with Crippen LogP contribution in [-0.2, 0) is 11.8 Å². The molecule has 0 saturated carbocycles. The van der Waals surface area contributed by atoms with Gasteiger partial charge < -0.3 is 0 Å². The molecule has 0 aliphatic heterocycles. The minimum absolute atomic E-state index is 1.21. The molecule has 54 valence electrons. The lowest BCUT2D eigenvalue weighted by Gasteiger charge is -2.07. The van der Waals surface area contributed by atoms with E-state index in [0.717, 1.165) is 0 Å². The maximum atomic E-state index is 5.32. The van der Waals surface area contributed by atoms with Crippen molar-refractivity contribution in [2.45, 2.75) is 0 Å². The average molecular weight is 171 g/mol. The first-order valence-electron chi connectivity index (χ1n) is 3.06. The highest BCUT2D eigenvalue weighted by molar-refractivity contribution is 8.17. The van der Waals surface area contributed by atoms with Crippen molar-refractivity contribution < 1.29 is 0 Å². The fourth-order valence-corrected chi connectivity index (χ4v) is 1.79. The van der Waals surface area contributed by atoms with E-state index in [-0.39, 0.29) is 0 Å². The van der Waals surface area contributed by atoms with Gasteiger partial charge in [0.2, 0.25) is 0 Å². The first kappa shape index (κ1) is 7.90. The van der Waals surface area contributed by atoms with Crippen LogP contribution in [-0.4, -0.2) is 18.3 Å². The molecule has 0 spiro atoms. The van der Waals surface area contributed by atoms with Crippen molar-refractivity contribution in [3.63, 3.8) is 0 Å². The summed E-state index contributed by atoms with van der Waals surface area (Å²) >= 11 is 5.32. The lowest BCUT2D eigenvalue weighted by atomic mass is 10.5. The second-order valence-corrected chi connectivity index (χ2v) is 8.52. The van der Waals surface area contributed by atoms with Crippen molar-refractivity contribution in [1.82, 2.24) is 4.98 Å². The summed E-state index contributed by atoms with van der Waals surface area (Å²) in [5.41, 5.74) is 0. The predicted octanol–water partition coefficient (Wildman–Crippen LogP) is 1.45. The van der Waals surface area contributed by atoms with E-state index in [4.69, 9.17) is 11.8 Å². The lowest BCUT2D eigenvalue weighted by molar-refractivity contribution is 1.35. The second-order valence-electron chi connectivity index (χ2n) is 2.56. The van der Waals surface area contributed by atoms with Crippen LogP contribution >= 0.6 is 6.04 Å². The highest BCUT2D eigenvalue weighted by atomic mass is 32.4. The largest absolute Gasteiger partial charge is 0.264 e. The Labute approximate surface area is 66.5 Å². The third-order valence-electron chi connectivity index (χ3n) is 1.27. The van der Waals surface area contributed by atoms with Gasteiger partial charge in [-0.05, 0) is 25.4 Å². The molecular weight excluding hydrogens is 161 g/mol. The minimum Gasteiger partial charge on any atom is -0.264 e. The molecule has 0 N–H and O–H groups in total. The zero-order valence-corrected chi connectivity index (χ0v) is 7.82. The number of nitrogens with zero attached hydrogens (tertiary/aromatic N) is 1. The van der Waals surface area contributed by atoms with Crippen molar-refractivity contribution in [3.05, 3.63) is 24.5 Å². The smallest absolute Gasteiger partial charge is 0.0352 e. The molecule has 0 aliphatic carbocycles. The Morgan fingerprint density at radius 2 is 2.20 bits per heavy atom. The molecule has 0 aliphatic rings. The molecule has 0 bridgehead atoms. The topological polar surface area (TPSA) is 12.9 Å². The number of hydrogen-bond acceptors (Lipinski definition) is 2. The van der Waals surface area contributed by atoms with Crippen LogP contribution in [0.15, 0.2) is 24.5 Å². The van der Waals surface area contributed by atoms with Crippen LogP contribution in [0.3, 0.4) is 0 Å². The average Bonchev–Trinajstić information content (AvgIpc) is 1.88. The molecule has 1 heterocycles. The van der Waals surface area contributed by atoms with Gasteiger partial charge in [-0.15, -0.1) is 0 Å². The SMILES string of the molecule is CP(C)(=S)c1cccnc1. The lowest BCUT2D eigenvalue weighted by Crippen LogP contribution is -2.01. The van der Waals surface area contributed by atoms with Gasteiger partial charge in [0, 0.05) is 17.7 Å². The van der Waals surface area contributed by atoms with E-state index in [1.165, 1.54) is 5.30 Å². The van der Waals surface area contributed by atoms with Crippen LogP contribution in [0.4, 0.5) is 0 Å². The van der Waals surface area contributed by atoms with Gasteiger partial charge in [0.1, 0.15) is 0 Å². The Balaban J connectivity index is 3.09. The molecule has 0 amide bonds. The third-order valence-corrected chi connectivity index (χ3v) is 3.41. The Morgan fingerprint density at radius 3 is 2.50 bits per heavy atom. The summed E-state index contributed by atoms with van der Waals surface area (Å²) in [5.74, 6) is 0. The van der Waals surface area contributed by atoms with E-state index in [0.29, 0.717) is 0 Å². The summed E-state index contributed by atoms with van der Waals surface area (Å²) in [5, 5.41) is 1.21. The zero-order valence-electron chi connectivity index (χ0n) is 6.11. The summed E-state index contributed by atoms with van der Waals surface area (Å²) in [6.45, 7) is 4.22. The molecule has 0 fully saturated rings. The maximum Gasteiger partial charge on any atom is 0.0352 e. The zero-order chi connectivity index (χ0) is 7.61. The first-order valence-corrected chi connectivity index (χ1v) is 6.76. The van der Waals surface area contributed by atoms with Gasteiger partial charge in [0.05, 0.1) is 0 Å². The molecule has 1 aromatic rings. The van der Waals surface area contributed by atoms with E-state index < -0.39 is 6.04 Å². The molecule has 0 atom stereocenters. The highest BCUT2D eigenvalue weighted by Gasteiger charge is 2.03. The van der Waals surface area contributed by atoms with Crippen LogP contribution in [0.25, 0.3) is 0 Å². The van der Waals surface area contributed by atoms with Gasteiger partial charge in [0.25, 0.3) is 0 Å². The Kier molecular flexibility index (Phi) is 2.22. The maximum absolute atomic E-state index is 5.32. The molecule has 1 aromatic heterocycles. The minimum atomic E-state index is -1.25. The number of pyridine rings is 1. The Morgan fingerprint density at radius 1 is 1.50 bits per heavy atom. The molecule has 10 heavy (non-hydrogen) atoms. The molecule has 3 heteroatoms. The van der Waals surface area contributed by atoms with Gasteiger partial charge in [-0.25, -0.2) is 0 Å². The van der Waals surface area contributed by atoms with Crippen LogP contribution in [0, 0.1) is 0 Å². The fourth-order valence-electron chi connectivity index (χ4n) is 0.672. The van der Waals surface area contributed by atoms with E-state index >= 15 is 0 Å². The second kappa shape index (κ2) is 2.81. The molecule has 1 rings (SSSR count). The standard InChI is InChI=1S/C7H10NPS/c1-9(2,10)7-4-3-5-8-6-7/h3-6H,1-2H3. The molecule has 0 saturated heterocycles. The highest BCUT2D eigenvalue weighted by Crippen LogP contribution is 2.34. The molecule has 0 unspecified atom stereocenters. The van der Waals surface area contributed by atoms with E-state index in [9.17, 15) is 0 Å². The summed E-state index contributed by atoms with van der Waals surface area (Å²) < 4.78 is 0. The quantitative estimate of drug-likeness (QED) is 0.593. The normalized spacial score (nSPS) is 11.4. The molecule has 0 aromatic carbocycles. The van der Waals surface area contributed by atoms with Crippen LogP contribution in [0.1, 0.15) is 0 Å². The number of rotatable bonds is 1. The van der Waals surface area contributed by atoms with E-state index in [1.54, 1.807) is 6.20 Å². The van der Waals surface area contributed by atoms with Gasteiger partial charge >= 0.3 is 0 Å². The van der Waals surface area contributed by atoms with Gasteiger partial charge in [-0.3, -0.25) is 4.98 Å². The van der Waals surface area contributed by atoms with Crippen LogP contribution in [0.5, 0.6) is 0 Å². The number of aromatic nitrogens is 1. The van der Waals surface area contributed by atoms with E-state index in [1.807, 2.05) is 18.3 Å². The first-order chi connectivity index (χ1) is 4.61. The van der Waals surface area contributed by atoms with Crippen molar-refractivity contribution in [2.24, 2.45) is 0 Å². The Bertz CT molecular complexity index is 252. The predicted molar refractivity (Wildman–Crippen MR) is 50.0 cm³/mol. The summed E-state index contributed by atoms with van der Waals surface area (Å²) in [6.07, 6.45) is 3.63. The van der Waals surface area contributed by atoms with E-state index in [2.05, 4.69) is 18.3 Å². The Hall–Kier alpha value is -0.200. The summed E-state index contributed by atoms with van der Waals surface area (Å²) in [4.78, 5) is 4.01. The fraction of sp³-hybridized carbons (Fsp3) is 0.286. The van der Waals surface area contributed by atoms with Crippen molar-refractivity contribution in [1.29, 1.82) is 0 Å². The third kappa shape index (κ3) is 1.89.